The Hall–Kier alpha value is -3.12. The van der Waals surface area contributed by atoms with Crippen molar-refractivity contribution in [3.8, 4) is 0 Å². The average Bonchev–Trinajstić information content (AvgIpc) is 3.07. The predicted octanol–water partition coefficient (Wildman–Crippen LogP) is 7.37. The van der Waals surface area contributed by atoms with Crippen LogP contribution >= 0.6 is 0 Å². The van der Waals surface area contributed by atoms with E-state index in [-0.39, 0.29) is 0 Å². The lowest BCUT2D eigenvalue weighted by Crippen LogP contribution is -1.97. The minimum Gasteiger partial charge on any atom is -0.0830 e. The second-order valence-electron chi connectivity index (χ2n) is 6.97. The van der Waals surface area contributed by atoms with Crippen LogP contribution in [0, 0.1) is 0 Å². The molecule has 0 spiro atoms. The Morgan fingerprint density at radius 1 is 0.630 bits per heavy atom. The maximum Gasteiger partial charge on any atom is 0.00951 e. The minimum absolute atomic E-state index is 0.474. The van der Waals surface area contributed by atoms with Gasteiger partial charge in [0, 0.05) is 5.92 Å². The summed E-state index contributed by atoms with van der Waals surface area (Å²) in [5.41, 5.74) is 6.85. The molecule has 1 aliphatic rings. The monoisotopic (exact) mass is 348 g/mol. The SMILES string of the molecule is C(=Cc1ccccc1)CC1=Cc2ccccc2C1CC=Cc1ccccc1. The lowest BCUT2D eigenvalue weighted by molar-refractivity contribution is 0.810. The Bertz CT molecular complexity index is 959. The van der Waals surface area contributed by atoms with Crippen molar-refractivity contribution in [1.29, 1.82) is 0 Å². The van der Waals surface area contributed by atoms with Crippen molar-refractivity contribution in [3.63, 3.8) is 0 Å². The first-order valence-electron chi connectivity index (χ1n) is 9.63. The van der Waals surface area contributed by atoms with Crippen molar-refractivity contribution in [2.24, 2.45) is 0 Å². The molecule has 0 amide bonds. The molecule has 27 heavy (non-hydrogen) atoms. The first-order valence-corrected chi connectivity index (χ1v) is 9.63. The highest BCUT2D eigenvalue weighted by atomic mass is 14.3. The van der Waals surface area contributed by atoms with Gasteiger partial charge in [0.1, 0.15) is 0 Å². The van der Waals surface area contributed by atoms with Gasteiger partial charge in [0.15, 0.2) is 0 Å². The number of benzene rings is 3. The summed E-state index contributed by atoms with van der Waals surface area (Å²) < 4.78 is 0. The van der Waals surface area contributed by atoms with Crippen LogP contribution in [0.25, 0.3) is 18.2 Å². The van der Waals surface area contributed by atoms with Gasteiger partial charge >= 0.3 is 0 Å². The van der Waals surface area contributed by atoms with Crippen LogP contribution < -0.4 is 0 Å². The molecule has 1 unspecified atom stereocenters. The molecule has 0 nitrogen and oxygen atoms in total. The van der Waals surface area contributed by atoms with Gasteiger partial charge in [-0.2, -0.15) is 0 Å². The fraction of sp³-hybridized carbons (Fsp3) is 0.111. The summed E-state index contributed by atoms with van der Waals surface area (Å²) in [6.45, 7) is 0. The second-order valence-corrected chi connectivity index (χ2v) is 6.97. The quantitative estimate of drug-likeness (QED) is 0.436. The van der Waals surface area contributed by atoms with E-state index in [1.807, 2.05) is 0 Å². The highest BCUT2D eigenvalue weighted by molar-refractivity contribution is 5.67. The zero-order chi connectivity index (χ0) is 18.3. The molecule has 3 aromatic carbocycles. The molecule has 1 atom stereocenters. The van der Waals surface area contributed by atoms with Crippen LogP contribution in [0.4, 0.5) is 0 Å². The topological polar surface area (TPSA) is 0 Å². The van der Waals surface area contributed by atoms with Crippen LogP contribution in [0.3, 0.4) is 0 Å². The summed E-state index contributed by atoms with van der Waals surface area (Å²) in [6.07, 6.45) is 13.5. The largest absolute Gasteiger partial charge is 0.0830 e. The van der Waals surface area contributed by atoms with Gasteiger partial charge in [-0.25, -0.2) is 0 Å². The fourth-order valence-electron chi connectivity index (χ4n) is 3.74. The number of allylic oxidation sites excluding steroid dienone is 3. The lowest BCUT2D eigenvalue weighted by atomic mass is 9.90. The normalized spacial score (nSPS) is 16.0. The Labute approximate surface area is 162 Å². The molecule has 0 heterocycles. The van der Waals surface area contributed by atoms with Crippen molar-refractivity contribution < 1.29 is 0 Å². The molecule has 0 aliphatic heterocycles. The van der Waals surface area contributed by atoms with Crippen molar-refractivity contribution in [2.75, 3.05) is 0 Å². The Balaban J connectivity index is 1.49. The van der Waals surface area contributed by atoms with Crippen LogP contribution in [0.15, 0.2) is 103 Å². The van der Waals surface area contributed by atoms with E-state index >= 15 is 0 Å². The van der Waals surface area contributed by atoms with E-state index in [4.69, 9.17) is 0 Å². The van der Waals surface area contributed by atoms with Gasteiger partial charge in [0.25, 0.3) is 0 Å². The molecule has 0 saturated heterocycles. The van der Waals surface area contributed by atoms with Gasteiger partial charge in [0.05, 0.1) is 0 Å². The summed E-state index contributed by atoms with van der Waals surface area (Å²) in [5, 5.41) is 0. The van der Waals surface area contributed by atoms with E-state index in [1.165, 1.54) is 27.8 Å². The summed E-state index contributed by atoms with van der Waals surface area (Å²) in [7, 11) is 0. The number of hydrogen-bond donors (Lipinski definition) is 0. The number of rotatable bonds is 6. The van der Waals surface area contributed by atoms with Crippen molar-refractivity contribution >= 4 is 18.2 Å². The van der Waals surface area contributed by atoms with Crippen LogP contribution in [0.5, 0.6) is 0 Å². The van der Waals surface area contributed by atoms with E-state index in [2.05, 4.69) is 115 Å². The average molecular weight is 348 g/mol. The molecule has 1 aliphatic carbocycles. The van der Waals surface area contributed by atoms with Crippen LogP contribution in [-0.4, -0.2) is 0 Å². The molecule has 0 fully saturated rings. The molecular weight excluding hydrogens is 324 g/mol. The molecule has 3 aromatic rings. The highest BCUT2D eigenvalue weighted by Gasteiger charge is 2.22. The van der Waals surface area contributed by atoms with E-state index in [1.54, 1.807) is 0 Å². The highest BCUT2D eigenvalue weighted by Crippen LogP contribution is 2.40. The van der Waals surface area contributed by atoms with Crippen molar-refractivity contribution in [1.82, 2.24) is 0 Å². The van der Waals surface area contributed by atoms with Gasteiger partial charge in [-0.05, 0) is 35.1 Å². The zero-order valence-corrected chi connectivity index (χ0v) is 15.5. The number of hydrogen-bond acceptors (Lipinski definition) is 0. The molecule has 0 N–H and O–H groups in total. The van der Waals surface area contributed by atoms with Crippen LogP contribution in [-0.2, 0) is 0 Å². The van der Waals surface area contributed by atoms with E-state index in [0.29, 0.717) is 5.92 Å². The van der Waals surface area contributed by atoms with Gasteiger partial charge in [0.2, 0.25) is 0 Å². The summed E-state index contributed by atoms with van der Waals surface area (Å²) in [6, 6.07) is 29.9. The Kier molecular flexibility index (Phi) is 5.45. The molecule has 0 saturated carbocycles. The maximum absolute atomic E-state index is 2.38. The summed E-state index contributed by atoms with van der Waals surface area (Å²) in [4.78, 5) is 0. The molecule has 0 bridgehead atoms. The number of fused-ring (bicyclic) bond motifs is 1. The van der Waals surface area contributed by atoms with Gasteiger partial charge in [-0.3, -0.25) is 0 Å². The van der Waals surface area contributed by atoms with Gasteiger partial charge < -0.3 is 0 Å². The maximum atomic E-state index is 2.38. The predicted molar refractivity (Wildman–Crippen MR) is 117 cm³/mol. The fourth-order valence-corrected chi connectivity index (χ4v) is 3.74. The third-order valence-corrected chi connectivity index (χ3v) is 5.10. The van der Waals surface area contributed by atoms with Gasteiger partial charge in [-0.15, -0.1) is 0 Å². The summed E-state index contributed by atoms with van der Waals surface area (Å²) >= 11 is 0. The third kappa shape index (κ3) is 4.35. The Morgan fingerprint density at radius 3 is 1.93 bits per heavy atom. The summed E-state index contributed by atoms with van der Waals surface area (Å²) in [5.74, 6) is 0.474. The smallest absolute Gasteiger partial charge is 0.00951 e. The van der Waals surface area contributed by atoms with Crippen molar-refractivity contribution in [3.05, 3.63) is 125 Å². The van der Waals surface area contributed by atoms with E-state index in [9.17, 15) is 0 Å². The molecular formula is C27H24. The van der Waals surface area contributed by atoms with E-state index < -0.39 is 0 Å². The minimum atomic E-state index is 0.474. The zero-order valence-electron chi connectivity index (χ0n) is 15.5. The standard InChI is InChI=1S/C27H24/c1-3-11-22(12-4-1)15-9-18-25-21-24-17-7-8-19-26(24)27(25)20-10-16-23-13-5-2-6-14-23/h1-17,19,21,27H,18,20H2. The van der Waals surface area contributed by atoms with Crippen LogP contribution in [0.2, 0.25) is 0 Å². The molecule has 0 heteroatoms. The lowest BCUT2D eigenvalue weighted by Gasteiger charge is -2.14. The second kappa shape index (κ2) is 8.51. The first-order chi connectivity index (χ1) is 13.4. The molecule has 0 aromatic heterocycles. The van der Waals surface area contributed by atoms with Crippen molar-refractivity contribution in [2.45, 2.75) is 18.8 Å². The van der Waals surface area contributed by atoms with E-state index in [0.717, 1.165) is 12.8 Å². The molecule has 132 valence electrons. The third-order valence-electron chi connectivity index (χ3n) is 5.10. The van der Waals surface area contributed by atoms with Crippen LogP contribution in [0.1, 0.15) is 41.0 Å². The van der Waals surface area contributed by atoms with Gasteiger partial charge in [-0.1, -0.05) is 121 Å². The first kappa shape index (κ1) is 17.3. The Morgan fingerprint density at radius 2 is 1.22 bits per heavy atom. The molecule has 0 radical (unpaired) electrons. The molecule has 4 rings (SSSR count).